The monoisotopic (exact) mass is 356 g/mol. The third-order valence-corrected chi connectivity index (χ3v) is 5.94. The van der Waals surface area contributed by atoms with E-state index in [1.165, 1.54) is 4.90 Å². The number of carbonyl (C=O) groups is 3. The van der Waals surface area contributed by atoms with Crippen LogP contribution < -0.4 is 4.74 Å². The number of hydrogen-bond acceptors (Lipinski definition) is 4. The van der Waals surface area contributed by atoms with Crippen molar-refractivity contribution in [3.8, 4) is 5.75 Å². The summed E-state index contributed by atoms with van der Waals surface area (Å²) in [6.45, 7) is 0. The molecule has 4 rings (SSSR count). The normalized spacial score (nSPS) is 28.0. The van der Waals surface area contributed by atoms with Crippen LogP contribution in [-0.4, -0.2) is 52.8 Å². The molecule has 1 aromatic rings. The minimum absolute atomic E-state index is 0.0316. The van der Waals surface area contributed by atoms with Gasteiger partial charge in [-0.05, 0) is 43.4 Å². The Bertz CT molecular complexity index is 717. The van der Waals surface area contributed by atoms with Gasteiger partial charge in [0.1, 0.15) is 5.75 Å². The van der Waals surface area contributed by atoms with Gasteiger partial charge in [0.2, 0.25) is 17.7 Å². The number of hydrogen-bond donors (Lipinski definition) is 0. The van der Waals surface area contributed by atoms with E-state index in [-0.39, 0.29) is 35.8 Å². The lowest BCUT2D eigenvalue weighted by Crippen LogP contribution is -2.54. The van der Waals surface area contributed by atoms with Crippen LogP contribution in [0.4, 0.5) is 0 Å². The van der Waals surface area contributed by atoms with Gasteiger partial charge in [-0.15, -0.1) is 0 Å². The van der Waals surface area contributed by atoms with E-state index in [0.29, 0.717) is 19.3 Å². The van der Waals surface area contributed by atoms with Crippen LogP contribution in [0.25, 0.3) is 0 Å². The Labute approximate surface area is 153 Å². The fourth-order valence-corrected chi connectivity index (χ4v) is 4.82. The first-order valence-corrected chi connectivity index (χ1v) is 9.36. The lowest BCUT2D eigenvalue weighted by molar-refractivity contribution is -0.144. The van der Waals surface area contributed by atoms with E-state index in [9.17, 15) is 14.4 Å². The predicted molar refractivity (Wildman–Crippen MR) is 94.5 cm³/mol. The van der Waals surface area contributed by atoms with Crippen LogP contribution >= 0.6 is 0 Å². The summed E-state index contributed by atoms with van der Waals surface area (Å²) in [4.78, 5) is 40.5. The molecular weight excluding hydrogens is 332 g/mol. The Morgan fingerprint density at radius 2 is 1.73 bits per heavy atom. The Hall–Kier alpha value is -2.37. The first-order valence-electron chi connectivity index (χ1n) is 9.36. The topological polar surface area (TPSA) is 66.9 Å². The highest BCUT2D eigenvalue weighted by Crippen LogP contribution is 2.39. The van der Waals surface area contributed by atoms with Gasteiger partial charge < -0.3 is 9.64 Å². The van der Waals surface area contributed by atoms with E-state index in [1.807, 2.05) is 29.2 Å². The first-order chi connectivity index (χ1) is 12.6. The van der Waals surface area contributed by atoms with Gasteiger partial charge in [0.05, 0.1) is 13.5 Å². The highest BCUT2D eigenvalue weighted by Gasteiger charge is 2.47. The van der Waals surface area contributed by atoms with Crippen LogP contribution in [0.15, 0.2) is 24.3 Å². The van der Waals surface area contributed by atoms with Gasteiger partial charge in [0, 0.05) is 31.0 Å². The molecule has 3 amide bonds. The number of fused-ring (bicyclic) bond motifs is 2. The molecule has 3 aliphatic heterocycles. The summed E-state index contributed by atoms with van der Waals surface area (Å²) >= 11 is 0. The van der Waals surface area contributed by atoms with Crippen molar-refractivity contribution < 1.29 is 19.1 Å². The summed E-state index contributed by atoms with van der Waals surface area (Å²) in [6, 6.07) is 7.84. The standard InChI is InChI=1S/C20H24N2O4/c1-26-17-4-2-3-13(9-17)10-20(25)21-14-5-6-15(21)12-16(11-14)22-18(23)7-8-19(22)24/h2-4,9,14-16H,5-8,10-12H2,1H3. The zero-order valence-electron chi connectivity index (χ0n) is 15.0. The molecule has 0 aliphatic carbocycles. The van der Waals surface area contributed by atoms with Gasteiger partial charge >= 0.3 is 0 Å². The van der Waals surface area contributed by atoms with Crippen LogP contribution in [-0.2, 0) is 20.8 Å². The Morgan fingerprint density at radius 3 is 2.35 bits per heavy atom. The van der Waals surface area contributed by atoms with Crippen molar-refractivity contribution in [3.63, 3.8) is 0 Å². The average Bonchev–Trinajstić information content (AvgIpc) is 3.11. The SMILES string of the molecule is COc1cccc(CC(=O)N2C3CCC2CC(N2C(=O)CCC2=O)C3)c1. The minimum atomic E-state index is -0.0458. The molecule has 6 heteroatoms. The van der Waals surface area contributed by atoms with Crippen molar-refractivity contribution in [2.45, 2.75) is 63.1 Å². The molecule has 3 heterocycles. The van der Waals surface area contributed by atoms with Crippen LogP contribution in [0.1, 0.15) is 44.1 Å². The number of likely N-dealkylation sites (tertiary alicyclic amines) is 1. The molecule has 2 bridgehead atoms. The number of rotatable bonds is 4. The summed E-state index contributed by atoms with van der Waals surface area (Å²) in [5, 5.41) is 0. The van der Waals surface area contributed by atoms with Gasteiger partial charge in [-0.1, -0.05) is 12.1 Å². The second kappa shape index (κ2) is 6.74. The van der Waals surface area contributed by atoms with E-state index >= 15 is 0 Å². The van der Waals surface area contributed by atoms with Crippen molar-refractivity contribution in [2.75, 3.05) is 7.11 Å². The predicted octanol–water partition coefficient (Wildman–Crippen LogP) is 1.91. The van der Waals surface area contributed by atoms with Crippen molar-refractivity contribution in [1.29, 1.82) is 0 Å². The maximum absolute atomic E-state index is 12.9. The zero-order valence-corrected chi connectivity index (χ0v) is 15.0. The molecule has 0 aromatic heterocycles. The van der Waals surface area contributed by atoms with Crippen LogP contribution in [0.2, 0.25) is 0 Å². The van der Waals surface area contributed by atoms with E-state index in [1.54, 1.807) is 7.11 Å². The van der Waals surface area contributed by atoms with Crippen molar-refractivity contribution in [1.82, 2.24) is 9.80 Å². The van der Waals surface area contributed by atoms with E-state index in [2.05, 4.69) is 0 Å². The summed E-state index contributed by atoms with van der Waals surface area (Å²) in [5.41, 5.74) is 0.945. The van der Waals surface area contributed by atoms with Crippen molar-refractivity contribution in [3.05, 3.63) is 29.8 Å². The lowest BCUT2D eigenvalue weighted by atomic mass is 9.95. The van der Waals surface area contributed by atoms with Gasteiger partial charge in [-0.2, -0.15) is 0 Å². The number of piperidine rings is 1. The zero-order chi connectivity index (χ0) is 18.3. The molecule has 0 radical (unpaired) electrons. The lowest BCUT2D eigenvalue weighted by Gasteiger charge is -2.41. The average molecular weight is 356 g/mol. The molecule has 0 N–H and O–H groups in total. The molecular formula is C20H24N2O4. The molecule has 3 fully saturated rings. The number of benzene rings is 1. The number of imide groups is 1. The molecule has 2 atom stereocenters. The van der Waals surface area contributed by atoms with Crippen LogP contribution in [0, 0.1) is 0 Å². The second-order valence-electron chi connectivity index (χ2n) is 7.50. The van der Waals surface area contributed by atoms with Crippen LogP contribution in [0.5, 0.6) is 5.75 Å². The van der Waals surface area contributed by atoms with Crippen molar-refractivity contribution in [2.24, 2.45) is 0 Å². The molecule has 3 saturated heterocycles. The van der Waals surface area contributed by atoms with Crippen molar-refractivity contribution >= 4 is 17.7 Å². The molecule has 6 nitrogen and oxygen atoms in total. The summed E-state index contributed by atoms with van der Waals surface area (Å²) in [6.07, 6.45) is 4.39. The minimum Gasteiger partial charge on any atom is -0.497 e. The highest BCUT2D eigenvalue weighted by molar-refractivity contribution is 6.02. The smallest absolute Gasteiger partial charge is 0.229 e. The largest absolute Gasteiger partial charge is 0.497 e. The van der Waals surface area contributed by atoms with Crippen LogP contribution in [0.3, 0.4) is 0 Å². The molecule has 3 aliphatic rings. The van der Waals surface area contributed by atoms with E-state index in [4.69, 9.17) is 4.74 Å². The first kappa shape index (κ1) is 17.1. The Kier molecular flexibility index (Phi) is 4.42. The maximum Gasteiger partial charge on any atom is 0.229 e. The van der Waals surface area contributed by atoms with Gasteiger partial charge in [0.25, 0.3) is 0 Å². The number of amides is 3. The van der Waals surface area contributed by atoms with Gasteiger partial charge in [-0.25, -0.2) is 0 Å². The number of methoxy groups -OCH3 is 1. The van der Waals surface area contributed by atoms with Gasteiger partial charge in [-0.3, -0.25) is 19.3 Å². The summed E-state index contributed by atoms with van der Waals surface area (Å²) < 4.78 is 5.23. The Morgan fingerprint density at radius 1 is 1.08 bits per heavy atom. The quantitative estimate of drug-likeness (QED) is 0.773. The molecule has 2 unspecified atom stereocenters. The second-order valence-corrected chi connectivity index (χ2v) is 7.50. The van der Waals surface area contributed by atoms with E-state index < -0.39 is 0 Å². The molecule has 0 saturated carbocycles. The summed E-state index contributed by atoms with van der Waals surface area (Å²) in [7, 11) is 1.62. The third kappa shape index (κ3) is 2.97. The Balaban J connectivity index is 1.45. The molecule has 26 heavy (non-hydrogen) atoms. The molecule has 0 spiro atoms. The maximum atomic E-state index is 12.9. The number of nitrogens with zero attached hydrogens (tertiary/aromatic N) is 2. The van der Waals surface area contributed by atoms with Gasteiger partial charge in [0.15, 0.2) is 0 Å². The van der Waals surface area contributed by atoms with E-state index in [0.717, 1.165) is 37.0 Å². The fourth-order valence-electron chi connectivity index (χ4n) is 4.82. The number of ether oxygens (including phenoxy) is 1. The molecule has 138 valence electrons. The molecule has 1 aromatic carbocycles. The third-order valence-electron chi connectivity index (χ3n) is 5.94. The fraction of sp³-hybridized carbons (Fsp3) is 0.550. The number of carbonyl (C=O) groups excluding carboxylic acids is 3. The summed E-state index contributed by atoms with van der Waals surface area (Å²) in [5.74, 6) is 0.789. The highest BCUT2D eigenvalue weighted by atomic mass is 16.5.